The van der Waals surface area contributed by atoms with Crippen molar-refractivity contribution in [3.8, 4) is 0 Å². The van der Waals surface area contributed by atoms with Gasteiger partial charge in [-0.25, -0.2) is 9.78 Å². The molecule has 2 aromatic carbocycles. The van der Waals surface area contributed by atoms with Crippen molar-refractivity contribution in [3.05, 3.63) is 89.6 Å². The summed E-state index contributed by atoms with van der Waals surface area (Å²) in [5.41, 5.74) is 1.23. The molecule has 0 bridgehead atoms. The Balaban J connectivity index is 1.78. The minimum Gasteiger partial charge on any atom is -0.465 e. The SMILES string of the molecule is COC(=O)c1sc(N2C(=O)c3oc4ccc(Cl)cc4c(=O)c3C2c2ccc(Br)cc2)nc1C. The number of methoxy groups -OCH3 is 1. The van der Waals surface area contributed by atoms with Crippen LogP contribution in [0, 0.1) is 6.92 Å². The van der Waals surface area contributed by atoms with Crippen molar-refractivity contribution in [3.63, 3.8) is 0 Å². The number of carbonyl (C=O) groups is 2. The number of thiazole rings is 1. The van der Waals surface area contributed by atoms with Gasteiger partial charge in [-0.1, -0.05) is 51.0 Å². The average Bonchev–Trinajstić information content (AvgIpc) is 3.32. The van der Waals surface area contributed by atoms with Crippen molar-refractivity contribution in [1.29, 1.82) is 0 Å². The van der Waals surface area contributed by atoms with Gasteiger partial charge in [0.05, 0.1) is 29.8 Å². The van der Waals surface area contributed by atoms with E-state index in [0.717, 1.165) is 15.8 Å². The van der Waals surface area contributed by atoms with Crippen LogP contribution in [0.2, 0.25) is 5.02 Å². The van der Waals surface area contributed by atoms with E-state index in [9.17, 15) is 14.4 Å². The smallest absolute Gasteiger partial charge is 0.350 e. The number of amides is 1. The zero-order chi connectivity index (χ0) is 23.4. The molecule has 5 rings (SSSR count). The van der Waals surface area contributed by atoms with Crippen LogP contribution in [0.3, 0.4) is 0 Å². The molecule has 0 aliphatic carbocycles. The van der Waals surface area contributed by atoms with Crippen LogP contribution in [0.15, 0.2) is 56.1 Å². The summed E-state index contributed by atoms with van der Waals surface area (Å²) in [7, 11) is 1.28. The minimum absolute atomic E-state index is 0.0600. The summed E-state index contributed by atoms with van der Waals surface area (Å²) in [6.07, 6.45) is 0. The monoisotopic (exact) mass is 544 g/mol. The van der Waals surface area contributed by atoms with Gasteiger partial charge in [0.25, 0.3) is 5.91 Å². The second-order valence-corrected chi connectivity index (χ2v) is 9.68. The van der Waals surface area contributed by atoms with Gasteiger partial charge in [0.1, 0.15) is 10.5 Å². The number of anilines is 1. The highest BCUT2D eigenvalue weighted by Gasteiger charge is 2.45. The van der Waals surface area contributed by atoms with Crippen LogP contribution in [0.5, 0.6) is 0 Å². The van der Waals surface area contributed by atoms with E-state index in [2.05, 4.69) is 20.9 Å². The Labute approximate surface area is 204 Å². The quantitative estimate of drug-likeness (QED) is 0.315. The van der Waals surface area contributed by atoms with Gasteiger partial charge >= 0.3 is 5.97 Å². The fraction of sp³-hybridized carbons (Fsp3) is 0.130. The zero-order valence-corrected chi connectivity index (χ0v) is 20.4. The van der Waals surface area contributed by atoms with Crippen LogP contribution >= 0.6 is 38.9 Å². The molecule has 0 saturated carbocycles. The summed E-state index contributed by atoms with van der Waals surface area (Å²) in [6.45, 7) is 1.66. The number of halogens is 2. The molecule has 33 heavy (non-hydrogen) atoms. The maximum Gasteiger partial charge on any atom is 0.350 e. The Bertz CT molecular complexity index is 1510. The summed E-state index contributed by atoms with van der Waals surface area (Å²) in [6, 6.07) is 11.2. The Morgan fingerprint density at radius 3 is 2.64 bits per heavy atom. The number of aryl methyl sites for hydroxylation is 1. The highest BCUT2D eigenvalue weighted by atomic mass is 79.9. The Hall–Kier alpha value is -3.01. The number of hydrogen-bond acceptors (Lipinski definition) is 7. The van der Waals surface area contributed by atoms with Crippen LogP contribution in [0.4, 0.5) is 5.13 Å². The second-order valence-electron chi connectivity index (χ2n) is 7.35. The van der Waals surface area contributed by atoms with Crippen LogP contribution < -0.4 is 10.3 Å². The van der Waals surface area contributed by atoms with Gasteiger partial charge in [-0.2, -0.15) is 0 Å². The van der Waals surface area contributed by atoms with Crippen LogP contribution in [0.1, 0.15) is 43.1 Å². The number of aromatic nitrogens is 1. The van der Waals surface area contributed by atoms with Crippen LogP contribution in [-0.4, -0.2) is 24.0 Å². The summed E-state index contributed by atoms with van der Waals surface area (Å²) in [5, 5.41) is 0.927. The number of ether oxygens (including phenoxy) is 1. The van der Waals surface area contributed by atoms with Gasteiger partial charge in [-0.15, -0.1) is 0 Å². The number of carbonyl (C=O) groups excluding carboxylic acids is 2. The molecule has 0 fully saturated rings. The van der Waals surface area contributed by atoms with Crippen molar-refractivity contribution in [2.24, 2.45) is 0 Å². The van der Waals surface area contributed by atoms with E-state index in [4.69, 9.17) is 20.8 Å². The fourth-order valence-corrected chi connectivity index (χ4v) is 5.32. The lowest BCUT2D eigenvalue weighted by Crippen LogP contribution is -2.29. The first kappa shape index (κ1) is 21.8. The molecule has 0 N–H and O–H groups in total. The molecule has 3 heterocycles. The predicted octanol–water partition coefficient (Wildman–Crippen LogP) is 5.51. The number of fused-ring (bicyclic) bond motifs is 2. The predicted molar refractivity (Wildman–Crippen MR) is 128 cm³/mol. The molecule has 1 amide bonds. The van der Waals surface area contributed by atoms with E-state index in [1.807, 2.05) is 24.3 Å². The third-order valence-electron chi connectivity index (χ3n) is 5.38. The molecule has 10 heteroatoms. The van der Waals surface area contributed by atoms with Crippen molar-refractivity contribution in [2.75, 3.05) is 12.0 Å². The Kier molecular flexibility index (Phi) is 5.35. The van der Waals surface area contributed by atoms with Gasteiger partial charge in [-0.3, -0.25) is 14.5 Å². The number of esters is 1. The van der Waals surface area contributed by atoms with E-state index in [-0.39, 0.29) is 37.7 Å². The van der Waals surface area contributed by atoms with Crippen molar-refractivity contribution in [2.45, 2.75) is 13.0 Å². The summed E-state index contributed by atoms with van der Waals surface area (Å²) >= 11 is 10.5. The fourth-order valence-electron chi connectivity index (χ4n) is 3.87. The average molecular weight is 546 g/mol. The van der Waals surface area contributed by atoms with E-state index >= 15 is 0 Å². The Morgan fingerprint density at radius 1 is 1.21 bits per heavy atom. The van der Waals surface area contributed by atoms with E-state index in [1.54, 1.807) is 19.1 Å². The standard InChI is InChI=1S/C23H14BrClN2O5S/c1-10-20(22(30)31-2)33-23(26-10)27-17(11-3-5-12(24)6-4-11)16-18(28)14-9-13(25)7-8-15(14)32-19(16)21(27)29/h3-9,17H,1-2H3. The highest BCUT2D eigenvalue weighted by Crippen LogP contribution is 2.43. The van der Waals surface area contributed by atoms with Crippen molar-refractivity contribution < 1.29 is 18.7 Å². The number of benzene rings is 2. The molecule has 1 aliphatic heterocycles. The highest BCUT2D eigenvalue weighted by molar-refractivity contribution is 9.10. The maximum atomic E-state index is 13.6. The first-order valence-corrected chi connectivity index (χ1v) is 11.7. The third kappa shape index (κ3) is 3.47. The van der Waals surface area contributed by atoms with E-state index < -0.39 is 17.9 Å². The molecule has 1 aliphatic rings. The molecule has 0 spiro atoms. The molecule has 1 atom stereocenters. The van der Waals surface area contributed by atoms with Crippen molar-refractivity contribution >= 4 is 66.8 Å². The summed E-state index contributed by atoms with van der Waals surface area (Å²) in [5.74, 6) is -1.12. The van der Waals surface area contributed by atoms with Gasteiger partial charge < -0.3 is 9.15 Å². The first-order valence-electron chi connectivity index (χ1n) is 9.71. The van der Waals surface area contributed by atoms with Crippen LogP contribution in [-0.2, 0) is 4.74 Å². The summed E-state index contributed by atoms with van der Waals surface area (Å²) in [4.78, 5) is 45.4. The third-order valence-corrected chi connectivity index (χ3v) is 7.28. The first-order chi connectivity index (χ1) is 15.8. The number of rotatable bonds is 3. The molecule has 4 aromatic rings. The molecule has 2 aromatic heterocycles. The van der Waals surface area contributed by atoms with Crippen LogP contribution in [0.25, 0.3) is 11.0 Å². The summed E-state index contributed by atoms with van der Waals surface area (Å²) < 4.78 is 11.6. The topological polar surface area (TPSA) is 89.7 Å². The lowest BCUT2D eigenvalue weighted by atomic mass is 9.99. The molecule has 1 unspecified atom stereocenters. The number of nitrogens with zero attached hydrogens (tertiary/aromatic N) is 2. The van der Waals surface area contributed by atoms with E-state index in [1.165, 1.54) is 18.1 Å². The lowest BCUT2D eigenvalue weighted by molar-refractivity contribution is 0.0605. The van der Waals surface area contributed by atoms with Gasteiger partial charge in [0.2, 0.25) is 5.76 Å². The van der Waals surface area contributed by atoms with E-state index in [0.29, 0.717) is 16.3 Å². The minimum atomic E-state index is -0.795. The molecular weight excluding hydrogens is 532 g/mol. The Morgan fingerprint density at radius 2 is 1.94 bits per heavy atom. The van der Waals surface area contributed by atoms with Gasteiger partial charge in [0.15, 0.2) is 10.6 Å². The molecule has 166 valence electrons. The largest absolute Gasteiger partial charge is 0.465 e. The maximum absolute atomic E-state index is 13.6. The second kappa shape index (κ2) is 8.09. The number of hydrogen-bond donors (Lipinski definition) is 0. The van der Waals surface area contributed by atoms with Gasteiger partial charge in [0, 0.05) is 9.50 Å². The normalized spacial score (nSPS) is 15.2. The zero-order valence-electron chi connectivity index (χ0n) is 17.2. The van der Waals surface area contributed by atoms with Crippen molar-refractivity contribution in [1.82, 2.24) is 4.98 Å². The van der Waals surface area contributed by atoms with Gasteiger partial charge in [-0.05, 0) is 42.8 Å². The molecular formula is C23H14BrClN2O5S. The molecule has 7 nitrogen and oxygen atoms in total. The molecule has 0 radical (unpaired) electrons. The lowest BCUT2D eigenvalue weighted by Gasteiger charge is -2.22. The molecule has 0 saturated heterocycles.